The second kappa shape index (κ2) is 19.4. The Morgan fingerprint density at radius 1 is 0.707 bits per heavy atom. The summed E-state index contributed by atoms with van der Waals surface area (Å²) in [5.41, 5.74) is 0.503. The van der Waals surface area contributed by atoms with Crippen molar-refractivity contribution in [2.75, 3.05) is 105 Å². The predicted octanol–water partition coefficient (Wildman–Crippen LogP) is 2.34. The number of hydrogen-bond acceptors (Lipinski definition) is 11. The zero-order valence-electron chi connectivity index (χ0n) is 25.0. The number of rotatable bonds is 20. The van der Waals surface area contributed by atoms with Gasteiger partial charge in [0.2, 0.25) is 0 Å². The van der Waals surface area contributed by atoms with Crippen molar-refractivity contribution in [1.29, 1.82) is 0 Å². The number of amides is 1. The largest absolute Gasteiger partial charge is 0.444 e. The van der Waals surface area contributed by atoms with Gasteiger partial charge in [0.15, 0.2) is 0 Å². The molecule has 0 N–H and O–H groups in total. The van der Waals surface area contributed by atoms with Crippen LogP contribution in [0.4, 0.5) is 4.79 Å². The molecule has 1 aromatic carbocycles. The number of benzene rings is 1. The van der Waals surface area contributed by atoms with E-state index in [0.29, 0.717) is 72.6 Å². The molecule has 0 atom stereocenters. The van der Waals surface area contributed by atoms with Gasteiger partial charge in [-0.2, -0.15) is 8.42 Å². The Morgan fingerprint density at radius 3 is 1.61 bits per heavy atom. The summed E-state index contributed by atoms with van der Waals surface area (Å²) < 4.78 is 61.9. The summed E-state index contributed by atoms with van der Waals surface area (Å²) in [6, 6.07) is 6.49. The maximum Gasteiger partial charge on any atom is 0.410 e. The van der Waals surface area contributed by atoms with E-state index in [9.17, 15) is 13.2 Å². The summed E-state index contributed by atoms with van der Waals surface area (Å²) in [7, 11) is -3.77. The second-order valence-corrected chi connectivity index (χ2v) is 12.1. The quantitative estimate of drug-likeness (QED) is 0.161. The van der Waals surface area contributed by atoms with Crippen LogP contribution in [-0.2, 0) is 42.7 Å². The smallest absolute Gasteiger partial charge is 0.410 e. The van der Waals surface area contributed by atoms with Crippen LogP contribution in [0.5, 0.6) is 0 Å². The molecule has 236 valence electrons. The number of aryl methyl sites for hydroxylation is 1. The number of carbonyl (C=O) groups excluding carboxylic acids is 1. The van der Waals surface area contributed by atoms with Crippen LogP contribution < -0.4 is 0 Å². The van der Waals surface area contributed by atoms with Gasteiger partial charge in [0.25, 0.3) is 10.1 Å². The molecule has 0 radical (unpaired) electrons. The van der Waals surface area contributed by atoms with Crippen LogP contribution in [0.15, 0.2) is 29.2 Å². The molecule has 12 nitrogen and oxygen atoms in total. The Balaban J connectivity index is 1.30. The van der Waals surface area contributed by atoms with Crippen LogP contribution in [0.2, 0.25) is 0 Å². The molecule has 0 aliphatic carbocycles. The Labute approximate surface area is 245 Å². The van der Waals surface area contributed by atoms with Crippen LogP contribution >= 0.6 is 0 Å². The normalized spacial score (nSPS) is 14.9. The van der Waals surface area contributed by atoms with Crippen molar-refractivity contribution in [3.8, 4) is 0 Å². The molecular weight excluding hydrogens is 556 g/mol. The molecule has 1 saturated heterocycles. The lowest BCUT2D eigenvalue weighted by Gasteiger charge is -2.35. The fraction of sp³-hybridized carbons (Fsp3) is 0.750. The van der Waals surface area contributed by atoms with Crippen LogP contribution in [0.25, 0.3) is 0 Å². The van der Waals surface area contributed by atoms with E-state index in [1.807, 2.05) is 27.7 Å². The van der Waals surface area contributed by atoms with Crippen molar-refractivity contribution >= 4 is 16.2 Å². The Morgan fingerprint density at radius 2 is 1.15 bits per heavy atom. The first-order valence-corrected chi connectivity index (χ1v) is 15.5. The molecule has 1 aliphatic heterocycles. The van der Waals surface area contributed by atoms with Crippen LogP contribution in [0, 0.1) is 6.92 Å². The van der Waals surface area contributed by atoms with E-state index in [4.69, 9.17) is 32.6 Å². The fourth-order valence-corrected chi connectivity index (χ4v) is 4.52. The van der Waals surface area contributed by atoms with Gasteiger partial charge in [-0.15, -0.1) is 0 Å². The van der Waals surface area contributed by atoms with Crippen LogP contribution in [-0.4, -0.2) is 135 Å². The van der Waals surface area contributed by atoms with E-state index in [0.717, 1.165) is 25.2 Å². The molecule has 0 spiro atoms. The van der Waals surface area contributed by atoms with Crippen molar-refractivity contribution in [1.82, 2.24) is 9.80 Å². The van der Waals surface area contributed by atoms with Gasteiger partial charge in [-0.1, -0.05) is 17.7 Å². The van der Waals surface area contributed by atoms with Gasteiger partial charge in [0.1, 0.15) is 5.60 Å². The van der Waals surface area contributed by atoms with E-state index in [2.05, 4.69) is 4.90 Å². The second-order valence-electron chi connectivity index (χ2n) is 10.5. The number of hydrogen-bond donors (Lipinski definition) is 0. The van der Waals surface area contributed by atoms with Crippen LogP contribution in [0.1, 0.15) is 26.3 Å². The number of ether oxygens (including phenoxy) is 6. The average molecular weight is 605 g/mol. The van der Waals surface area contributed by atoms with E-state index < -0.39 is 15.7 Å². The van der Waals surface area contributed by atoms with Gasteiger partial charge in [-0.05, 0) is 39.8 Å². The maximum atomic E-state index is 12.1. The van der Waals surface area contributed by atoms with Crippen molar-refractivity contribution < 1.29 is 45.8 Å². The highest BCUT2D eigenvalue weighted by Gasteiger charge is 2.25. The summed E-state index contributed by atoms with van der Waals surface area (Å²) in [5, 5.41) is 0. The third-order valence-corrected chi connectivity index (χ3v) is 7.17. The lowest BCUT2D eigenvalue weighted by molar-refractivity contribution is -0.0149. The predicted molar refractivity (Wildman–Crippen MR) is 153 cm³/mol. The molecule has 0 unspecified atom stereocenters. The summed E-state index contributed by atoms with van der Waals surface area (Å²) in [6.45, 7) is 15.5. The van der Waals surface area contributed by atoms with Crippen molar-refractivity contribution in [3.63, 3.8) is 0 Å². The van der Waals surface area contributed by atoms with Crippen molar-refractivity contribution in [3.05, 3.63) is 29.8 Å². The monoisotopic (exact) mass is 604 g/mol. The lowest BCUT2D eigenvalue weighted by Crippen LogP contribution is -2.50. The highest BCUT2D eigenvalue weighted by Crippen LogP contribution is 2.13. The molecule has 0 aromatic heterocycles. The molecule has 1 amide bonds. The fourth-order valence-electron chi connectivity index (χ4n) is 3.63. The molecule has 0 bridgehead atoms. The topological polar surface area (TPSA) is 122 Å². The van der Waals surface area contributed by atoms with E-state index in [1.165, 1.54) is 12.1 Å². The van der Waals surface area contributed by atoms with Gasteiger partial charge in [0.05, 0.1) is 77.6 Å². The number of carbonyl (C=O) groups is 1. The minimum atomic E-state index is -3.77. The molecule has 1 fully saturated rings. The molecular formula is C28H48N2O10S. The number of piperazine rings is 1. The Kier molecular flexibility index (Phi) is 16.7. The third-order valence-electron chi connectivity index (χ3n) is 5.84. The zero-order valence-corrected chi connectivity index (χ0v) is 25.8. The summed E-state index contributed by atoms with van der Waals surface area (Å²) >= 11 is 0. The van der Waals surface area contributed by atoms with Crippen molar-refractivity contribution in [2.24, 2.45) is 0 Å². The summed E-state index contributed by atoms with van der Waals surface area (Å²) in [5.74, 6) is 0. The molecule has 1 aromatic rings. The number of nitrogens with zero attached hydrogens (tertiary/aromatic N) is 2. The minimum Gasteiger partial charge on any atom is -0.444 e. The molecule has 13 heteroatoms. The standard InChI is InChI=1S/C28H48N2O10S/c1-25-5-7-26(8-6-25)41(32,33)39-24-23-38-22-21-37-20-19-36-18-17-35-16-15-34-14-13-29-9-11-30(12-10-29)27(31)40-28(2,3)4/h5-8H,9-24H2,1-4H3. The molecule has 2 rings (SSSR count). The van der Waals surface area contributed by atoms with Crippen LogP contribution in [0.3, 0.4) is 0 Å². The van der Waals surface area contributed by atoms with Crippen molar-refractivity contribution in [2.45, 2.75) is 38.2 Å². The summed E-state index contributed by atoms with van der Waals surface area (Å²) in [6.07, 6.45) is -0.249. The molecule has 0 saturated carbocycles. The first-order valence-electron chi connectivity index (χ1n) is 14.1. The minimum absolute atomic E-state index is 0.0565. The van der Waals surface area contributed by atoms with E-state index in [-0.39, 0.29) is 24.2 Å². The van der Waals surface area contributed by atoms with Gasteiger partial charge in [-0.25, -0.2) is 4.79 Å². The Bertz CT molecular complexity index is 946. The maximum absolute atomic E-state index is 12.1. The zero-order chi connectivity index (χ0) is 30.0. The van der Waals surface area contributed by atoms with E-state index >= 15 is 0 Å². The summed E-state index contributed by atoms with van der Waals surface area (Å²) in [4.78, 5) is 16.3. The molecule has 41 heavy (non-hydrogen) atoms. The van der Waals surface area contributed by atoms with Gasteiger partial charge >= 0.3 is 6.09 Å². The average Bonchev–Trinajstić information content (AvgIpc) is 2.92. The van der Waals surface area contributed by atoms with Gasteiger partial charge in [-0.3, -0.25) is 9.08 Å². The van der Waals surface area contributed by atoms with Gasteiger partial charge in [0, 0.05) is 32.7 Å². The molecule has 1 aliphatic rings. The lowest BCUT2D eigenvalue weighted by atomic mass is 10.2. The third kappa shape index (κ3) is 16.4. The van der Waals surface area contributed by atoms with Gasteiger partial charge < -0.3 is 33.3 Å². The SMILES string of the molecule is Cc1ccc(S(=O)(=O)OCCOCCOCCOCCOCCOCCN2CCN(C(=O)OC(C)(C)C)CC2)cc1. The first kappa shape index (κ1) is 35.4. The van der Waals surface area contributed by atoms with E-state index in [1.54, 1.807) is 17.0 Å². The molecule has 1 heterocycles. The highest BCUT2D eigenvalue weighted by molar-refractivity contribution is 7.86. The Hall–Kier alpha value is -1.84. The highest BCUT2D eigenvalue weighted by atomic mass is 32.2. The first-order chi connectivity index (χ1) is 19.6.